The van der Waals surface area contributed by atoms with Crippen LogP contribution in [-0.2, 0) is 0 Å². The third-order valence-electron chi connectivity index (χ3n) is 5.59. The number of aryl methyl sites for hydroxylation is 1. The smallest absolute Gasteiger partial charge is 0.292 e. The second kappa shape index (κ2) is 7.28. The van der Waals surface area contributed by atoms with Gasteiger partial charge >= 0.3 is 0 Å². The van der Waals surface area contributed by atoms with E-state index in [1.807, 2.05) is 18.7 Å². The van der Waals surface area contributed by atoms with Gasteiger partial charge in [-0.2, -0.15) is 0 Å². The van der Waals surface area contributed by atoms with Gasteiger partial charge in [0.25, 0.3) is 5.91 Å². The van der Waals surface area contributed by atoms with Gasteiger partial charge < -0.3 is 15.5 Å². The number of nitrogens with zero attached hydrogens (tertiary/aromatic N) is 4. The largest absolute Gasteiger partial charge is 0.355 e. The minimum atomic E-state index is -0.0326. The van der Waals surface area contributed by atoms with Crippen LogP contribution in [0.25, 0.3) is 0 Å². The van der Waals surface area contributed by atoms with Crippen molar-refractivity contribution in [3.8, 4) is 0 Å². The highest BCUT2D eigenvalue weighted by molar-refractivity contribution is 5.91. The molecular formula is C19H31N5O. The molecule has 2 aliphatic rings. The molecule has 2 fully saturated rings. The monoisotopic (exact) mass is 345 g/mol. The average molecular weight is 345 g/mol. The molecule has 0 spiro atoms. The molecule has 1 atom stereocenters. The molecule has 6 heteroatoms. The summed E-state index contributed by atoms with van der Waals surface area (Å²) in [6, 6.07) is 0.658. The molecule has 1 saturated heterocycles. The fourth-order valence-electron chi connectivity index (χ4n) is 4.12. The van der Waals surface area contributed by atoms with Gasteiger partial charge in [0, 0.05) is 42.5 Å². The van der Waals surface area contributed by atoms with Crippen molar-refractivity contribution >= 4 is 11.7 Å². The summed E-state index contributed by atoms with van der Waals surface area (Å²) in [5, 5.41) is 0. The van der Waals surface area contributed by atoms with Crippen molar-refractivity contribution in [1.82, 2.24) is 14.9 Å². The Balaban J connectivity index is 1.92. The maximum absolute atomic E-state index is 13.2. The van der Waals surface area contributed by atoms with Gasteiger partial charge in [-0.15, -0.1) is 0 Å². The van der Waals surface area contributed by atoms with Crippen LogP contribution >= 0.6 is 0 Å². The van der Waals surface area contributed by atoms with Crippen LogP contribution in [0.15, 0.2) is 0 Å². The molecule has 1 aliphatic carbocycles. The first-order valence-electron chi connectivity index (χ1n) is 9.57. The maximum Gasteiger partial charge on any atom is 0.292 e. The minimum Gasteiger partial charge on any atom is -0.355 e. The molecule has 1 aliphatic heterocycles. The molecule has 6 nitrogen and oxygen atoms in total. The Morgan fingerprint density at radius 3 is 2.44 bits per heavy atom. The summed E-state index contributed by atoms with van der Waals surface area (Å²) in [4.78, 5) is 26.6. The van der Waals surface area contributed by atoms with E-state index < -0.39 is 0 Å². The molecule has 0 aromatic carbocycles. The Hall–Kier alpha value is -1.69. The van der Waals surface area contributed by atoms with Crippen molar-refractivity contribution in [2.75, 3.05) is 18.0 Å². The Morgan fingerprint density at radius 2 is 1.88 bits per heavy atom. The molecule has 0 radical (unpaired) electrons. The van der Waals surface area contributed by atoms with Gasteiger partial charge in [0.15, 0.2) is 0 Å². The predicted molar refractivity (Wildman–Crippen MR) is 99.9 cm³/mol. The highest BCUT2D eigenvalue weighted by Crippen LogP contribution is 2.28. The van der Waals surface area contributed by atoms with E-state index in [4.69, 9.17) is 10.7 Å². The van der Waals surface area contributed by atoms with Gasteiger partial charge in [0.1, 0.15) is 5.82 Å². The molecule has 1 amide bonds. The minimum absolute atomic E-state index is 0.0326. The van der Waals surface area contributed by atoms with Gasteiger partial charge in [0.05, 0.1) is 0 Å². The van der Waals surface area contributed by atoms with Crippen molar-refractivity contribution in [2.24, 2.45) is 5.73 Å². The molecule has 2 N–H and O–H groups in total. The summed E-state index contributed by atoms with van der Waals surface area (Å²) in [5.41, 5.74) is 7.98. The van der Waals surface area contributed by atoms with Gasteiger partial charge in [-0.1, -0.05) is 12.8 Å². The lowest BCUT2D eigenvalue weighted by atomic mass is 10.1. The third kappa shape index (κ3) is 3.64. The summed E-state index contributed by atoms with van der Waals surface area (Å²) in [7, 11) is 0. The number of rotatable bonds is 4. The summed E-state index contributed by atoms with van der Waals surface area (Å²) in [6.07, 6.45) is 5.54. The van der Waals surface area contributed by atoms with Crippen molar-refractivity contribution < 1.29 is 4.79 Å². The van der Waals surface area contributed by atoms with Crippen LogP contribution in [0.4, 0.5) is 5.82 Å². The highest BCUT2D eigenvalue weighted by atomic mass is 16.2. The molecule has 2 heterocycles. The summed E-state index contributed by atoms with van der Waals surface area (Å²) < 4.78 is 0. The Morgan fingerprint density at radius 1 is 1.20 bits per heavy atom. The number of amides is 1. The molecule has 1 aromatic heterocycles. The van der Waals surface area contributed by atoms with Crippen molar-refractivity contribution in [2.45, 2.75) is 77.9 Å². The topological polar surface area (TPSA) is 75.4 Å². The van der Waals surface area contributed by atoms with Crippen LogP contribution in [0.1, 0.15) is 67.8 Å². The zero-order valence-corrected chi connectivity index (χ0v) is 16.0. The van der Waals surface area contributed by atoms with Crippen molar-refractivity contribution in [3.05, 3.63) is 17.1 Å². The Kier molecular flexibility index (Phi) is 5.27. The van der Waals surface area contributed by atoms with E-state index in [1.54, 1.807) is 0 Å². The van der Waals surface area contributed by atoms with E-state index in [1.165, 1.54) is 12.8 Å². The van der Waals surface area contributed by atoms with Crippen LogP contribution in [-0.4, -0.2) is 52.0 Å². The number of anilines is 1. The molecule has 1 saturated carbocycles. The van der Waals surface area contributed by atoms with E-state index >= 15 is 0 Å². The summed E-state index contributed by atoms with van der Waals surface area (Å²) in [6.45, 7) is 9.84. The van der Waals surface area contributed by atoms with Crippen molar-refractivity contribution in [3.63, 3.8) is 0 Å². The van der Waals surface area contributed by atoms with Crippen LogP contribution in [0.3, 0.4) is 0 Å². The van der Waals surface area contributed by atoms with E-state index in [0.29, 0.717) is 11.9 Å². The predicted octanol–water partition coefficient (Wildman–Crippen LogP) is 2.42. The van der Waals surface area contributed by atoms with Crippen LogP contribution < -0.4 is 10.6 Å². The maximum atomic E-state index is 13.2. The number of nitrogens with two attached hydrogens (primary N) is 1. The fraction of sp³-hybridized carbons (Fsp3) is 0.737. The Bertz CT molecular complexity index is 639. The average Bonchev–Trinajstić information content (AvgIpc) is 3.21. The number of hydrogen-bond donors (Lipinski definition) is 1. The van der Waals surface area contributed by atoms with Gasteiger partial charge in [0.2, 0.25) is 5.82 Å². The second-order valence-electron chi connectivity index (χ2n) is 7.82. The lowest BCUT2D eigenvalue weighted by molar-refractivity contribution is 0.0600. The van der Waals surface area contributed by atoms with Crippen LogP contribution in [0, 0.1) is 13.8 Å². The highest BCUT2D eigenvalue weighted by Gasteiger charge is 2.32. The number of hydrogen-bond acceptors (Lipinski definition) is 5. The van der Waals surface area contributed by atoms with Crippen LogP contribution in [0.5, 0.6) is 0 Å². The van der Waals surface area contributed by atoms with E-state index in [0.717, 1.165) is 49.4 Å². The zero-order valence-electron chi connectivity index (χ0n) is 16.0. The SMILES string of the molecule is Cc1nc(C(=O)N(C(C)C)C2CCCC2)nc(N2CC[C@@H](N)C2)c1C. The summed E-state index contributed by atoms with van der Waals surface area (Å²) >= 11 is 0. The van der Waals surface area contributed by atoms with Gasteiger partial charge in [-0.05, 0) is 47.0 Å². The van der Waals surface area contributed by atoms with Gasteiger partial charge in [-0.3, -0.25) is 4.79 Å². The number of aromatic nitrogens is 2. The first-order valence-corrected chi connectivity index (χ1v) is 9.57. The Labute approximate surface area is 150 Å². The normalized spacial score (nSPS) is 21.4. The molecule has 0 bridgehead atoms. The molecular weight excluding hydrogens is 314 g/mol. The molecule has 138 valence electrons. The van der Waals surface area contributed by atoms with E-state index in [-0.39, 0.29) is 18.0 Å². The molecule has 3 rings (SSSR count). The van der Waals surface area contributed by atoms with Gasteiger partial charge in [-0.25, -0.2) is 9.97 Å². The van der Waals surface area contributed by atoms with E-state index in [9.17, 15) is 4.79 Å². The standard InChI is InChI=1S/C19H31N5O/c1-12(2)24(16-7-5-6-8-16)19(25)17-21-14(4)13(3)18(22-17)23-10-9-15(20)11-23/h12,15-16H,5-11,20H2,1-4H3/t15-/m1/s1. The summed E-state index contributed by atoms with van der Waals surface area (Å²) in [5.74, 6) is 1.17. The number of carbonyl (C=O) groups is 1. The van der Waals surface area contributed by atoms with Crippen molar-refractivity contribution in [1.29, 1.82) is 0 Å². The quantitative estimate of drug-likeness (QED) is 0.907. The molecule has 1 aromatic rings. The number of carbonyl (C=O) groups excluding carboxylic acids is 1. The molecule has 0 unspecified atom stereocenters. The second-order valence-corrected chi connectivity index (χ2v) is 7.82. The lowest BCUT2D eigenvalue weighted by Crippen LogP contribution is -2.44. The lowest BCUT2D eigenvalue weighted by Gasteiger charge is -2.32. The zero-order chi connectivity index (χ0) is 18.1. The first-order chi connectivity index (χ1) is 11.9. The molecule has 25 heavy (non-hydrogen) atoms. The third-order valence-corrected chi connectivity index (χ3v) is 5.59. The van der Waals surface area contributed by atoms with E-state index in [2.05, 4.69) is 23.7 Å². The van der Waals surface area contributed by atoms with Crippen LogP contribution in [0.2, 0.25) is 0 Å². The first kappa shape index (κ1) is 18.1. The fourth-order valence-corrected chi connectivity index (χ4v) is 4.12.